The van der Waals surface area contributed by atoms with Crippen LogP contribution >= 0.6 is 23.8 Å². The van der Waals surface area contributed by atoms with Crippen LogP contribution in [0.2, 0.25) is 5.02 Å². The van der Waals surface area contributed by atoms with E-state index < -0.39 is 16.7 Å². The Balaban J connectivity index is 1.65. The molecule has 1 heterocycles. The first-order valence-electron chi connectivity index (χ1n) is 9.52. The smallest absolute Gasteiger partial charge is 0.278 e. The average molecular weight is 480 g/mol. The highest BCUT2D eigenvalue weighted by atomic mass is 35.5. The molecule has 2 amide bonds. The fourth-order valence-electron chi connectivity index (χ4n) is 3.13. The van der Waals surface area contributed by atoms with Crippen LogP contribution < -0.4 is 15.0 Å². The number of benzene rings is 3. The maximum absolute atomic E-state index is 13.2. The van der Waals surface area contributed by atoms with E-state index in [0.717, 1.165) is 17.0 Å². The molecule has 3 aromatic carbocycles. The maximum atomic E-state index is 13.2. The predicted molar refractivity (Wildman–Crippen MR) is 127 cm³/mol. The number of nitro benzene ring substituents is 1. The fraction of sp³-hybridized carbons (Fsp3) is 0. The van der Waals surface area contributed by atoms with Crippen LogP contribution in [0.3, 0.4) is 0 Å². The molecule has 10 heteroatoms. The Bertz CT molecular complexity index is 1310. The van der Waals surface area contributed by atoms with Gasteiger partial charge in [-0.15, -0.1) is 0 Å². The third-order valence-corrected chi connectivity index (χ3v) is 5.18. The number of rotatable bonds is 5. The quantitative estimate of drug-likeness (QED) is 0.184. The fourth-order valence-corrected chi connectivity index (χ4v) is 3.58. The first-order valence-corrected chi connectivity index (χ1v) is 10.3. The van der Waals surface area contributed by atoms with Crippen molar-refractivity contribution in [2.24, 2.45) is 0 Å². The molecule has 1 fully saturated rings. The van der Waals surface area contributed by atoms with Gasteiger partial charge in [-0.3, -0.25) is 29.9 Å². The molecule has 0 aromatic heterocycles. The first kappa shape index (κ1) is 22.1. The van der Waals surface area contributed by atoms with E-state index in [1.807, 2.05) is 18.2 Å². The molecule has 0 aliphatic carbocycles. The number of hydrogen-bond acceptors (Lipinski definition) is 6. The first-order chi connectivity index (χ1) is 15.8. The van der Waals surface area contributed by atoms with Gasteiger partial charge >= 0.3 is 0 Å². The minimum atomic E-state index is -0.755. The number of para-hydroxylation sites is 1. The van der Waals surface area contributed by atoms with E-state index in [9.17, 15) is 19.7 Å². The highest BCUT2D eigenvalue weighted by Crippen LogP contribution is 2.29. The molecule has 0 atom stereocenters. The highest BCUT2D eigenvalue weighted by Gasteiger charge is 2.35. The third kappa shape index (κ3) is 4.74. The summed E-state index contributed by atoms with van der Waals surface area (Å²) in [5.41, 5.74) is -0.194. The van der Waals surface area contributed by atoms with Gasteiger partial charge in [0.2, 0.25) is 0 Å². The minimum Gasteiger partial charge on any atom is -0.457 e. The van der Waals surface area contributed by atoms with E-state index in [1.165, 1.54) is 12.1 Å². The molecule has 164 valence electrons. The van der Waals surface area contributed by atoms with Crippen LogP contribution in [0.15, 0.2) is 78.4 Å². The van der Waals surface area contributed by atoms with E-state index in [-0.39, 0.29) is 27.0 Å². The highest BCUT2D eigenvalue weighted by molar-refractivity contribution is 7.80. The van der Waals surface area contributed by atoms with Gasteiger partial charge in [0.1, 0.15) is 17.1 Å². The summed E-state index contributed by atoms with van der Waals surface area (Å²) in [4.78, 5) is 37.5. The standard InChI is InChI=1S/C23H14ClN3O5S/c24-15-7-6-14(20(13-15)27(30)31)12-19-21(28)25-23(33)26(22(19)29)16-8-10-18(11-9-16)32-17-4-2-1-3-5-17/h1-13H,(H,25,28,33)/b19-12+. The zero-order valence-corrected chi connectivity index (χ0v) is 18.3. The Kier molecular flexibility index (Phi) is 6.16. The predicted octanol–water partition coefficient (Wildman–Crippen LogP) is 4.87. The van der Waals surface area contributed by atoms with Crippen molar-refractivity contribution in [3.8, 4) is 11.5 Å². The van der Waals surface area contributed by atoms with Gasteiger partial charge in [0.25, 0.3) is 17.5 Å². The van der Waals surface area contributed by atoms with Crippen molar-refractivity contribution in [1.29, 1.82) is 0 Å². The van der Waals surface area contributed by atoms with Gasteiger partial charge in [0, 0.05) is 11.1 Å². The summed E-state index contributed by atoms with van der Waals surface area (Å²) >= 11 is 11.0. The summed E-state index contributed by atoms with van der Waals surface area (Å²) in [6.07, 6.45) is 1.15. The summed E-state index contributed by atoms with van der Waals surface area (Å²) in [5, 5.41) is 13.9. The second-order valence-corrected chi connectivity index (χ2v) is 7.65. The molecule has 8 nitrogen and oxygen atoms in total. The number of hydrogen-bond donors (Lipinski definition) is 1. The van der Waals surface area contributed by atoms with Crippen molar-refractivity contribution in [1.82, 2.24) is 5.32 Å². The van der Waals surface area contributed by atoms with E-state index in [2.05, 4.69) is 5.32 Å². The number of carbonyl (C=O) groups is 2. The number of nitro groups is 1. The Morgan fingerprint density at radius 2 is 1.67 bits per heavy atom. The van der Waals surface area contributed by atoms with Crippen LogP contribution in [0.1, 0.15) is 5.56 Å². The lowest BCUT2D eigenvalue weighted by atomic mass is 10.1. The molecule has 4 rings (SSSR count). The number of nitrogens with zero attached hydrogens (tertiary/aromatic N) is 2. The molecule has 1 saturated heterocycles. The summed E-state index contributed by atoms with van der Waals surface area (Å²) in [5.74, 6) is -0.284. The zero-order valence-electron chi connectivity index (χ0n) is 16.7. The van der Waals surface area contributed by atoms with Crippen LogP contribution in [0, 0.1) is 10.1 Å². The number of carbonyl (C=O) groups excluding carboxylic acids is 2. The number of halogens is 1. The largest absolute Gasteiger partial charge is 0.457 e. The van der Waals surface area contributed by atoms with Gasteiger partial charge in [-0.2, -0.15) is 0 Å². The summed E-state index contributed by atoms with van der Waals surface area (Å²) in [6.45, 7) is 0. The van der Waals surface area contributed by atoms with Crippen molar-refractivity contribution in [3.05, 3.63) is 99.1 Å². The second-order valence-electron chi connectivity index (χ2n) is 6.83. The van der Waals surface area contributed by atoms with E-state index in [0.29, 0.717) is 17.2 Å². The maximum Gasteiger partial charge on any atom is 0.278 e. The van der Waals surface area contributed by atoms with Gasteiger partial charge < -0.3 is 4.74 Å². The summed E-state index contributed by atoms with van der Waals surface area (Å²) < 4.78 is 5.74. The Labute approximate surface area is 198 Å². The number of anilines is 1. The number of amides is 2. The molecule has 1 aliphatic rings. The molecule has 0 spiro atoms. The van der Waals surface area contributed by atoms with Crippen molar-refractivity contribution in [2.45, 2.75) is 0 Å². The molecule has 0 radical (unpaired) electrons. The normalized spacial score (nSPS) is 14.9. The molecule has 1 aliphatic heterocycles. The monoisotopic (exact) mass is 479 g/mol. The summed E-state index contributed by atoms with van der Waals surface area (Å²) in [7, 11) is 0. The van der Waals surface area contributed by atoms with E-state index in [4.69, 9.17) is 28.6 Å². The Morgan fingerprint density at radius 3 is 2.33 bits per heavy atom. The van der Waals surface area contributed by atoms with Crippen molar-refractivity contribution < 1.29 is 19.2 Å². The molecule has 0 unspecified atom stereocenters. The summed E-state index contributed by atoms with van der Waals surface area (Å²) in [6, 6.07) is 19.6. The molecule has 1 N–H and O–H groups in total. The van der Waals surface area contributed by atoms with Gasteiger partial charge in [-0.05, 0) is 66.8 Å². The van der Waals surface area contributed by atoms with Gasteiger partial charge in [0.15, 0.2) is 5.11 Å². The van der Waals surface area contributed by atoms with E-state index >= 15 is 0 Å². The van der Waals surface area contributed by atoms with Crippen LogP contribution in [-0.2, 0) is 9.59 Å². The van der Waals surface area contributed by atoms with Crippen LogP contribution in [0.5, 0.6) is 11.5 Å². The average Bonchev–Trinajstić information content (AvgIpc) is 2.79. The molecule has 33 heavy (non-hydrogen) atoms. The zero-order chi connectivity index (χ0) is 23.5. The van der Waals surface area contributed by atoms with Crippen molar-refractivity contribution >= 4 is 58.2 Å². The SMILES string of the molecule is O=C1NC(=S)N(c2ccc(Oc3ccccc3)cc2)C(=O)/C1=C/c1ccc(Cl)cc1[N+](=O)[O-]. The lowest BCUT2D eigenvalue weighted by Crippen LogP contribution is -2.54. The molecule has 3 aromatic rings. The van der Waals surface area contributed by atoms with Crippen molar-refractivity contribution in [2.75, 3.05) is 4.90 Å². The third-order valence-electron chi connectivity index (χ3n) is 4.66. The molecular weight excluding hydrogens is 466 g/mol. The molecule has 0 bridgehead atoms. The lowest BCUT2D eigenvalue weighted by molar-refractivity contribution is -0.385. The van der Waals surface area contributed by atoms with Crippen molar-refractivity contribution in [3.63, 3.8) is 0 Å². The van der Waals surface area contributed by atoms with Gasteiger partial charge in [-0.25, -0.2) is 0 Å². The Hall–Kier alpha value is -4.08. The number of nitrogens with one attached hydrogen (secondary N) is 1. The lowest BCUT2D eigenvalue weighted by Gasteiger charge is -2.29. The topological polar surface area (TPSA) is 102 Å². The molecular formula is C23H14ClN3O5S. The number of ether oxygens (including phenoxy) is 1. The molecule has 0 saturated carbocycles. The van der Waals surface area contributed by atoms with Crippen LogP contribution in [-0.4, -0.2) is 21.9 Å². The van der Waals surface area contributed by atoms with Crippen LogP contribution in [0.25, 0.3) is 6.08 Å². The van der Waals surface area contributed by atoms with Crippen LogP contribution in [0.4, 0.5) is 11.4 Å². The van der Waals surface area contributed by atoms with Gasteiger partial charge in [0.05, 0.1) is 16.2 Å². The number of thiocarbonyl (C=S) groups is 1. The van der Waals surface area contributed by atoms with E-state index in [1.54, 1.807) is 36.4 Å². The van der Waals surface area contributed by atoms with Gasteiger partial charge in [-0.1, -0.05) is 29.8 Å². The second kappa shape index (κ2) is 9.19. The Morgan fingerprint density at radius 1 is 1.00 bits per heavy atom. The minimum absolute atomic E-state index is 0.0577.